The molecule has 24 heavy (non-hydrogen) atoms. The first-order chi connectivity index (χ1) is 11.7. The van der Waals surface area contributed by atoms with Crippen molar-refractivity contribution in [2.24, 2.45) is 0 Å². The molecule has 122 valence electrons. The second-order valence-electron chi connectivity index (χ2n) is 4.84. The smallest absolute Gasteiger partial charge is 0.149 e. The van der Waals surface area contributed by atoms with E-state index in [2.05, 4.69) is 20.6 Å². The van der Waals surface area contributed by atoms with Crippen molar-refractivity contribution in [3.8, 4) is 5.75 Å². The zero-order valence-corrected chi connectivity index (χ0v) is 12.8. The van der Waals surface area contributed by atoms with Gasteiger partial charge >= 0.3 is 0 Å². The number of aromatic nitrogens is 2. The molecule has 2 aromatic carbocycles. The summed E-state index contributed by atoms with van der Waals surface area (Å²) in [7, 11) is 1.56. The fourth-order valence-corrected chi connectivity index (χ4v) is 2.13. The lowest BCUT2D eigenvalue weighted by Gasteiger charge is -2.12. The van der Waals surface area contributed by atoms with Gasteiger partial charge in [-0.3, -0.25) is 0 Å². The van der Waals surface area contributed by atoms with Crippen LogP contribution in [0, 0.1) is 11.6 Å². The minimum Gasteiger partial charge on any atom is -0.495 e. The van der Waals surface area contributed by atoms with Gasteiger partial charge in [0.1, 0.15) is 41.0 Å². The van der Waals surface area contributed by atoms with Gasteiger partial charge in [-0.25, -0.2) is 18.7 Å². The van der Waals surface area contributed by atoms with E-state index < -0.39 is 11.6 Å². The minimum atomic E-state index is -0.701. The van der Waals surface area contributed by atoms with Crippen LogP contribution in [0.4, 0.5) is 31.8 Å². The summed E-state index contributed by atoms with van der Waals surface area (Å²) in [6.07, 6.45) is 1.29. The molecule has 1 aromatic heterocycles. The zero-order chi connectivity index (χ0) is 16.9. The van der Waals surface area contributed by atoms with Gasteiger partial charge in [0.05, 0.1) is 12.8 Å². The number of ether oxygens (including phenoxy) is 1. The molecule has 0 bridgehead atoms. The maximum absolute atomic E-state index is 13.7. The third-order valence-electron chi connectivity index (χ3n) is 3.25. The second-order valence-corrected chi connectivity index (χ2v) is 4.84. The van der Waals surface area contributed by atoms with E-state index in [1.54, 1.807) is 19.2 Å². The van der Waals surface area contributed by atoms with Gasteiger partial charge < -0.3 is 15.4 Å². The Bertz CT molecular complexity index is 837. The molecule has 0 amide bonds. The normalized spacial score (nSPS) is 10.3. The van der Waals surface area contributed by atoms with Gasteiger partial charge in [0, 0.05) is 6.07 Å². The van der Waals surface area contributed by atoms with E-state index in [0.717, 1.165) is 0 Å². The Morgan fingerprint density at radius 1 is 0.875 bits per heavy atom. The summed E-state index contributed by atoms with van der Waals surface area (Å²) in [6.45, 7) is 0. The van der Waals surface area contributed by atoms with Crippen molar-refractivity contribution in [3.63, 3.8) is 0 Å². The van der Waals surface area contributed by atoms with Gasteiger partial charge in [-0.05, 0) is 24.3 Å². The Hall–Kier alpha value is -3.22. The lowest BCUT2D eigenvalue weighted by molar-refractivity contribution is 0.417. The summed E-state index contributed by atoms with van der Waals surface area (Å²) in [4.78, 5) is 8.07. The van der Waals surface area contributed by atoms with Crippen LogP contribution in [0.25, 0.3) is 0 Å². The molecule has 2 N–H and O–H groups in total. The first-order valence-corrected chi connectivity index (χ1v) is 7.10. The van der Waals surface area contributed by atoms with Crippen molar-refractivity contribution >= 4 is 23.0 Å². The van der Waals surface area contributed by atoms with Crippen molar-refractivity contribution in [2.45, 2.75) is 0 Å². The molecule has 0 aliphatic carbocycles. The fourth-order valence-electron chi connectivity index (χ4n) is 2.13. The number of nitrogens with zero attached hydrogens (tertiary/aromatic N) is 2. The van der Waals surface area contributed by atoms with Crippen molar-refractivity contribution in [1.29, 1.82) is 0 Å². The highest BCUT2D eigenvalue weighted by Gasteiger charge is 2.10. The second kappa shape index (κ2) is 6.91. The molecule has 0 radical (unpaired) electrons. The zero-order valence-electron chi connectivity index (χ0n) is 12.8. The van der Waals surface area contributed by atoms with Crippen LogP contribution >= 0.6 is 0 Å². The van der Waals surface area contributed by atoms with Crippen molar-refractivity contribution in [1.82, 2.24) is 9.97 Å². The van der Waals surface area contributed by atoms with Gasteiger partial charge in [-0.1, -0.05) is 18.2 Å². The van der Waals surface area contributed by atoms with Crippen molar-refractivity contribution < 1.29 is 13.5 Å². The topological polar surface area (TPSA) is 59.1 Å². The predicted molar refractivity (Wildman–Crippen MR) is 87.9 cm³/mol. The van der Waals surface area contributed by atoms with E-state index in [-0.39, 0.29) is 11.5 Å². The van der Waals surface area contributed by atoms with E-state index in [1.807, 2.05) is 18.2 Å². The highest BCUT2D eigenvalue weighted by molar-refractivity contribution is 5.67. The average molecular weight is 328 g/mol. The lowest BCUT2D eigenvalue weighted by atomic mass is 10.3. The van der Waals surface area contributed by atoms with Crippen molar-refractivity contribution in [2.75, 3.05) is 17.7 Å². The molecule has 0 atom stereocenters. The van der Waals surface area contributed by atoms with E-state index in [4.69, 9.17) is 4.74 Å². The number of halogens is 2. The first kappa shape index (κ1) is 15.7. The standard InChI is InChI=1S/C17H14F2N4O/c1-24-14-8-3-2-7-13(14)22-15-9-16(21-10-20-15)23-17-11(18)5-4-6-12(17)19/h2-10H,1H3,(H2,20,21,22,23). The van der Waals surface area contributed by atoms with Crippen molar-refractivity contribution in [3.05, 3.63) is 66.5 Å². The van der Waals surface area contributed by atoms with Crippen LogP contribution in [-0.4, -0.2) is 17.1 Å². The van der Waals surface area contributed by atoms with E-state index in [9.17, 15) is 8.78 Å². The minimum absolute atomic E-state index is 0.256. The molecule has 5 nitrogen and oxygen atoms in total. The molecule has 3 rings (SSSR count). The molecule has 0 aliphatic rings. The summed E-state index contributed by atoms with van der Waals surface area (Å²) in [6, 6.07) is 12.5. The van der Waals surface area contributed by atoms with Gasteiger partial charge in [-0.15, -0.1) is 0 Å². The number of para-hydroxylation sites is 3. The lowest BCUT2D eigenvalue weighted by Crippen LogP contribution is -2.02. The number of hydrogen-bond acceptors (Lipinski definition) is 5. The molecule has 0 fully saturated rings. The van der Waals surface area contributed by atoms with E-state index in [0.29, 0.717) is 17.3 Å². The van der Waals surface area contributed by atoms with Gasteiger partial charge in [0.25, 0.3) is 0 Å². The monoisotopic (exact) mass is 328 g/mol. The number of benzene rings is 2. The van der Waals surface area contributed by atoms with Crippen LogP contribution in [0.3, 0.4) is 0 Å². The molecule has 7 heteroatoms. The summed E-state index contributed by atoms with van der Waals surface area (Å²) >= 11 is 0. The Morgan fingerprint density at radius 3 is 2.25 bits per heavy atom. The van der Waals surface area contributed by atoms with Gasteiger partial charge in [0.2, 0.25) is 0 Å². The Labute approximate surface area is 137 Å². The highest BCUT2D eigenvalue weighted by atomic mass is 19.1. The Morgan fingerprint density at radius 2 is 1.54 bits per heavy atom. The van der Waals surface area contributed by atoms with Crippen LogP contribution < -0.4 is 15.4 Å². The molecular formula is C17H14F2N4O. The third kappa shape index (κ3) is 3.40. The summed E-state index contributed by atoms with van der Waals surface area (Å²) in [5.41, 5.74) is 0.446. The average Bonchev–Trinajstić information content (AvgIpc) is 2.59. The van der Waals surface area contributed by atoms with Crippen LogP contribution in [0.15, 0.2) is 54.9 Å². The van der Waals surface area contributed by atoms with Crippen LogP contribution in [0.2, 0.25) is 0 Å². The maximum Gasteiger partial charge on any atom is 0.149 e. The maximum atomic E-state index is 13.7. The largest absolute Gasteiger partial charge is 0.495 e. The molecule has 1 heterocycles. The number of anilines is 4. The van der Waals surface area contributed by atoms with E-state index >= 15 is 0 Å². The molecular weight excluding hydrogens is 314 g/mol. The number of hydrogen-bond donors (Lipinski definition) is 2. The highest BCUT2D eigenvalue weighted by Crippen LogP contribution is 2.27. The fraction of sp³-hybridized carbons (Fsp3) is 0.0588. The molecule has 0 spiro atoms. The molecule has 0 unspecified atom stereocenters. The van der Waals surface area contributed by atoms with Gasteiger partial charge in [0.15, 0.2) is 0 Å². The SMILES string of the molecule is COc1ccccc1Nc1cc(Nc2c(F)cccc2F)ncn1. The van der Waals surface area contributed by atoms with Crippen LogP contribution in [-0.2, 0) is 0 Å². The number of rotatable bonds is 5. The van der Waals surface area contributed by atoms with E-state index in [1.165, 1.54) is 24.5 Å². The predicted octanol–water partition coefficient (Wildman–Crippen LogP) is 4.25. The Kier molecular flexibility index (Phi) is 4.51. The van der Waals surface area contributed by atoms with Gasteiger partial charge in [-0.2, -0.15) is 0 Å². The quantitative estimate of drug-likeness (QED) is 0.733. The molecule has 3 aromatic rings. The summed E-state index contributed by atoms with van der Waals surface area (Å²) in [5, 5.41) is 5.70. The number of nitrogens with one attached hydrogen (secondary N) is 2. The number of methoxy groups -OCH3 is 1. The van der Waals surface area contributed by atoms with Crippen LogP contribution in [0.1, 0.15) is 0 Å². The Balaban J connectivity index is 1.84. The third-order valence-corrected chi connectivity index (χ3v) is 3.25. The molecule has 0 saturated carbocycles. The summed E-state index contributed by atoms with van der Waals surface area (Å²) < 4.78 is 32.7. The summed E-state index contributed by atoms with van der Waals surface area (Å²) in [5.74, 6) is -0.0494. The first-order valence-electron chi connectivity index (χ1n) is 7.10. The molecule has 0 saturated heterocycles. The molecule has 0 aliphatic heterocycles. The van der Waals surface area contributed by atoms with Crippen LogP contribution in [0.5, 0.6) is 5.75 Å².